The van der Waals surface area contributed by atoms with Crippen molar-refractivity contribution in [3.05, 3.63) is 34.3 Å². The number of rotatable bonds is 3. The molecule has 1 heteroatoms. The Labute approximate surface area is 66.6 Å². The molecule has 0 unspecified atom stereocenters. The van der Waals surface area contributed by atoms with Crippen LogP contribution in [0.15, 0.2) is 34.3 Å². The van der Waals surface area contributed by atoms with Gasteiger partial charge in [0.2, 0.25) is 0 Å². The molecule has 0 aromatic rings. The standard InChI is InChI=1S/C10H11N/c11-7-10-5-9(6-10)4-8-2-1-3-8/h1H,2,4-5,7,11H2. The quantitative estimate of drug-likeness (QED) is 0.601. The van der Waals surface area contributed by atoms with E-state index in [4.69, 9.17) is 5.73 Å². The second-order valence-electron chi connectivity index (χ2n) is 3.05. The van der Waals surface area contributed by atoms with Crippen LogP contribution >= 0.6 is 0 Å². The summed E-state index contributed by atoms with van der Waals surface area (Å²) in [4.78, 5) is 0. The normalized spacial score (nSPS) is 19.5. The molecular formula is C10H11N. The van der Waals surface area contributed by atoms with Gasteiger partial charge in [-0.1, -0.05) is 0 Å². The van der Waals surface area contributed by atoms with Crippen molar-refractivity contribution < 1.29 is 0 Å². The van der Waals surface area contributed by atoms with E-state index in [2.05, 4.69) is 17.5 Å². The molecule has 0 saturated carbocycles. The molecule has 0 spiro atoms. The first-order valence-electron chi connectivity index (χ1n) is 3.98. The van der Waals surface area contributed by atoms with Crippen LogP contribution in [0.5, 0.6) is 0 Å². The summed E-state index contributed by atoms with van der Waals surface area (Å²) >= 11 is 0. The van der Waals surface area contributed by atoms with Crippen molar-refractivity contribution in [3.8, 4) is 0 Å². The van der Waals surface area contributed by atoms with Gasteiger partial charge in [0.15, 0.2) is 0 Å². The molecular weight excluding hydrogens is 134 g/mol. The average Bonchev–Trinajstić information content (AvgIpc) is 1.81. The minimum absolute atomic E-state index is 0.679. The molecule has 2 rings (SSSR count). The molecule has 0 saturated heterocycles. The third kappa shape index (κ3) is 1.22. The lowest BCUT2D eigenvalue weighted by Gasteiger charge is -2.15. The van der Waals surface area contributed by atoms with Gasteiger partial charge in [-0.15, -0.1) is 11.5 Å². The third-order valence-electron chi connectivity index (χ3n) is 2.11. The maximum absolute atomic E-state index is 5.43. The van der Waals surface area contributed by atoms with Crippen molar-refractivity contribution in [1.29, 1.82) is 0 Å². The van der Waals surface area contributed by atoms with Crippen molar-refractivity contribution in [2.75, 3.05) is 6.54 Å². The van der Waals surface area contributed by atoms with E-state index >= 15 is 0 Å². The van der Waals surface area contributed by atoms with Gasteiger partial charge in [-0.25, -0.2) is 0 Å². The highest BCUT2D eigenvalue weighted by atomic mass is 14.5. The topological polar surface area (TPSA) is 26.0 Å². The van der Waals surface area contributed by atoms with E-state index in [9.17, 15) is 0 Å². The lowest BCUT2D eigenvalue weighted by atomic mass is 9.89. The molecule has 0 amide bonds. The predicted octanol–water partition coefficient (Wildman–Crippen LogP) is 1.68. The van der Waals surface area contributed by atoms with E-state index in [1.54, 1.807) is 0 Å². The van der Waals surface area contributed by atoms with Crippen LogP contribution in [0.25, 0.3) is 0 Å². The van der Waals surface area contributed by atoms with E-state index in [-0.39, 0.29) is 0 Å². The molecule has 1 nitrogen and oxygen atoms in total. The summed E-state index contributed by atoms with van der Waals surface area (Å²) in [7, 11) is 0. The molecule has 0 radical (unpaired) electrons. The Hall–Kier alpha value is -1.00. The van der Waals surface area contributed by atoms with Crippen molar-refractivity contribution in [2.24, 2.45) is 5.73 Å². The van der Waals surface area contributed by atoms with Gasteiger partial charge in [-0.05, 0) is 22.8 Å². The zero-order chi connectivity index (χ0) is 7.68. The van der Waals surface area contributed by atoms with Gasteiger partial charge < -0.3 is 5.73 Å². The highest BCUT2D eigenvalue weighted by Crippen LogP contribution is 2.27. The first kappa shape index (κ1) is 6.69. The number of hydrogen-bond donors (Lipinski definition) is 1. The molecule has 0 fully saturated rings. The average molecular weight is 145 g/mol. The molecule has 0 bridgehead atoms. The minimum Gasteiger partial charge on any atom is -0.326 e. The first-order valence-corrected chi connectivity index (χ1v) is 3.98. The number of hydrogen-bond acceptors (Lipinski definition) is 1. The fraction of sp³-hybridized carbons (Fsp3) is 0.400. The Balaban J connectivity index is 2.00. The Morgan fingerprint density at radius 1 is 1.36 bits per heavy atom. The zero-order valence-electron chi connectivity index (χ0n) is 6.48. The lowest BCUT2D eigenvalue weighted by Crippen LogP contribution is -2.09. The number of allylic oxidation sites excluding steroid dienone is 1. The van der Waals surface area contributed by atoms with Crippen LogP contribution in [0, 0.1) is 0 Å². The summed E-state index contributed by atoms with van der Waals surface area (Å²) in [5.74, 6) is 0. The van der Waals surface area contributed by atoms with Crippen LogP contribution in [0.1, 0.15) is 19.3 Å². The third-order valence-corrected chi connectivity index (χ3v) is 2.11. The Bertz CT molecular complexity index is 308. The zero-order valence-corrected chi connectivity index (χ0v) is 6.48. The molecule has 11 heavy (non-hydrogen) atoms. The fourth-order valence-electron chi connectivity index (χ4n) is 1.35. The summed E-state index contributed by atoms with van der Waals surface area (Å²) in [6, 6.07) is 0. The fourth-order valence-corrected chi connectivity index (χ4v) is 1.35. The van der Waals surface area contributed by atoms with Crippen LogP contribution in [0.3, 0.4) is 0 Å². The highest BCUT2D eigenvalue weighted by molar-refractivity contribution is 5.32. The molecule has 2 aliphatic rings. The summed E-state index contributed by atoms with van der Waals surface area (Å²) in [6.07, 6.45) is 5.37. The smallest absolute Gasteiger partial charge is 0.0216 e. The molecule has 2 aliphatic carbocycles. The van der Waals surface area contributed by atoms with Crippen LogP contribution < -0.4 is 5.73 Å². The molecule has 56 valence electrons. The second kappa shape index (κ2) is 2.56. The number of nitrogens with two attached hydrogens (primary N) is 1. The second-order valence-corrected chi connectivity index (χ2v) is 3.05. The van der Waals surface area contributed by atoms with Crippen LogP contribution in [0.4, 0.5) is 0 Å². The van der Waals surface area contributed by atoms with Crippen LogP contribution in [-0.2, 0) is 0 Å². The van der Waals surface area contributed by atoms with Crippen molar-refractivity contribution >= 4 is 0 Å². The van der Waals surface area contributed by atoms with Gasteiger partial charge >= 0.3 is 0 Å². The van der Waals surface area contributed by atoms with Gasteiger partial charge in [-0.3, -0.25) is 0 Å². The molecule has 0 atom stereocenters. The van der Waals surface area contributed by atoms with Gasteiger partial charge in [0, 0.05) is 25.8 Å². The van der Waals surface area contributed by atoms with E-state index in [1.807, 2.05) is 0 Å². The van der Waals surface area contributed by atoms with E-state index < -0.39 is 0 Å². The maximum Gasteiger partial charge on any atom is 0.0216 e. The maximum atomic E-state index is 5.43. The Morgan fingerprint density at radius 2 is 2.09 bits per heavy atom. The summed E-state index contributed by atoms with van der Waals surface area (Å²) < 4.78 is 0. The van der Waals surface area contributed by atoms with E-state index in [0.29, 0.717) is 6.54 Å². The van der Waals surface area contributed by atoms with E-state index in [1.165, 1.54) is 16.7 Å². The monoisotopic (exact) mass is 145 g/mol. The molecule has 0 heterocycles. The lowest BCUT2D eigenvalue weighted by molar-refractivity contribution is 0.895. The van der Waals surface area contributed by atoms with Crippen molar-refractivity contribution in [1.82, 2.24) is 0 Å². The van der Waals surface area contributed by atoms with Crippen LogP contribution in [0.2, 0.25) is 0 Å². The van der Waals surface area contributed by atoms with Gasteiger partial charge in [0.05, 0.1) is 0 Å². The summed E-state index contributed by atoms with van der Waals surface area (Å²) in [5.41, 5.74) is 16.0. The molecule has 0 aromatic heterocycles. The highest BCUT2D eigenvalue weighted by Gasteiger charge is 2.12. The SMILES string of the molecule is NCC1=C=C(CC2=C=CC2)C1. The molecule has 0 aliphatic heterocycles. The molecule has 2 N–H and O–H groups in total. The first-order chi connectivity index (χ1) is 5.38. The van der Waals surface area contributed by atoms with Crippen molar-refractivity contribution in [2.45, 2.75) is 19.3 Å². The Morgan fingerprint density at radius 3 is 2.55 bits per heavy atom. The Kier molecular flexibility index (Phi) is 1.56. The van der Waals surface area contributed by atoms with E-state index in [0.717, 1.165) is 19.3 Å². The van der Waals surface area contributed by atoms with Gasteiger partial charge in [0.25, 0.3) is 0 Å². The minimum atomic E-state index is 0.679. The predicted molar refractivity (Wildman–Crippen MR) is 45.0 cm³/mol. The van der Waals surface area contributed by atoms with Crippen LogP contribution in [-0.4, -0.2) is 6.54 Å². The van der Waals surface area contributed by atoms with Gasteiger partial charge in [0.1, 0.15) is 0 Å². The summed E-state index contributed by atoms with van der Waals surface area (Å²) in [5, 5.41) is 0. The molecule has 0 aromatic carbocycles. The largest absolute Gasteiger partial charge is 0.326 e. The van der Waals surface area contributed by atoms with Gasteiger partial charge in [-0.2, -0.15) is 0 Å². The summed E-state index contributed by atoms with van der Waals surface area (Å²) in [6.45, 7) is 0.679. The van der Waals surface area contributed by atoms with Crippen molar-refractivity contribution in [3.63, 3.8) is 0 Å².